The fourth-order valence-electron chi connectivity index (χ4n) is 2.59. The molecular formula is C19H14F3NO3S2. The van der Waals surface area contributed by atoms with E-state index in [1.807, 2.05) is 0 Å². The van der Waals surface area contributed by atoms with Crippen molar-refractivity contribution in [3.8, 4) is 11.5 Å². The number of carbonyl (C=O) groups excluding carboxylic acids is 1. The molecule has 0 aliphatic carbocycles. The molecule has 0 atom stereocenters. The number of methoxy groups -OCH3 is 2. The van der Waals surface area contributed by atoms with E-state index in [1.165, 1.54) is 26.4 Å². The van der Waals surface area contributed by atoms with Crippen LogP contribution in [0.25, 0.3) is 6.08 Å². The number of rotatable bonds is 4. The van der Waals surface area contributed by atoms with Gasteiger partial charge in [0.25, 0.3) is 5.91 Å². The van der Waals surface area contributed by atoms with Gasteiger partial charge in [-0.1, -0.05) is 30.0 Å². The lowest BCUT2D eigenvalue weighted by Gasteiger charge is -2.16. The summed E-state index contributed by atoms with van der Waals surface area (Å²) >= 11 is 6.24. The molecule has 1 heterocycles. The van der Waals surface area contributed by atoms with E-state index in [2.05, 4.69) is 0 Å². The summed E-state index contributed by atoms with van der Waals surface area (Å²) in [4.78, 5) is 14.2. The van der Waals surface area contributed by atoms with Gasteiger partial charge >= 0.3 is 6.18 Å². The maximum absolute atomic E-state index is 13.0. The molecule has 3 rings (SSSR count). The van der Waals surface area contributed by atoms with Crippen LogP contribution in [0.2, 0.25) is 0 Å². The summed E-state index contributed by atoms with van der Waals surface area (Å²) in [5.41, 5.74) is -0.157. The normalized spacial score (nSPS) is 16.0. The van der Waals surface area contributed by atoms with E-state index in [0.29, 0.717) is 17.1 Å². The molecule has 0 radical (unpaired) electrons. The highest BCUT2D eigenvalue weighted by Crippen LogP contribution is 2.39. The van der Waals surface area contributed by atoms with Crippen LogP contribution in [0.1, 0.15) is 11.1 Å². The van der Waals surface area contributed by atoms with Gasteiger partial charge in [-0.05, 0) is 36.4 Å². The molecule has 28 heavy (non-hydrogen) atoms. The van der Waals surface area contributed by atoms with Gasteiger partial charge in [0, 0.05) is 11.6 Å². The van der Waals surface area contributed by atoms with E-state index in [4.69, 9.17) is 21.7 Å². The number of alkyl halides is 3. The number of hydrogen-bond donors (Lipinski definition) is 0. The van der Waals surface area contributed by atoms with Crippen molar-refractivity contribution < 1.29 is 27.4 Å². The molecule has 9 heteroatoms. The number of thiocarbonyl (C=S) groups is 1. The highest BCUT2D eigenvalue weighted by Gasteiger charge is 2.36. The number of halogens is 3. The van der Waals surface area contributed by atoms with Crippen molar-refractivity contribution in [2.24, 2.45) is 0 Å². The molecule has 0 spiro atoms. The van der Waals surface area contributed by atoms with Gasteiger partial charge < -0.3 is 9.47 Å². The van der Waals surface area contributed by atoms with E-state index in [1.54, 1.807) is 24.3 Å². The summed E-state index contributed by atoms with van der Waals surface area (Å²) in [6.45, 7) is 0. The minimum atomic E-state index is -4.51. The lowest BCUT2D eigenvalue weighted by molar-refractivity contribution is -0.137. The van der Waals surface area contributed by atoms with Crippen LogP contribution in [0, 0.1) is 0 Å². The second-order valence-electron chi connectivity index (χ2n) is 5.67. The van der Waals surface area contributed by atoms with Crippen molar-refractivity contribution in [2.45, 2.75) is 6.18 Å². The Bertz CT molecular complexity index is 973. The average molecular weight is 425 g/mol. The fraction of sp³-hybridized carbons (Fsp3) is 0.158. The predicted molar refractivity (Wildman–Crippen MR) is 107 cm³/mol. The summed E-state index contributed by atoms with van der Waals surface area (Å²) in [5.74, 6) is 0.585. The first kappa shape index (κ1) is 20.2. The molecule has 2 aromatic carbocycles. The third-order valence-corrected chi connectivity index (χ3v) is 5.25. The molecule has 1 fully saturated rings. The van der Waals surface area contributed by atoms with Crippen molar-refractivity contribution in [1.82, 2.24) is 0 Å². The molecule has 0 bridgehead atoms. The summed E-state index contributed by atoms with van der Waals surface area (Å²) in [7, 11) is 3.01. The van der Waals surface area contributed by atoms with Gasteiger partial charge in [-0.15, -0.1) is 0 Å². The second kappa shape index (κ2) is 7.84. The minimum absolute atomic E-state index is 0.0717. The number of carbonyl (C=O) groups is 1. The summed E-state index contributed by atoms with van der Waals surface area (Å²) < 4.78 is 49.5. The zero-order valence-electron chi connectivity index (χ0n) is 14.7. The van der Waals surface area contributed by atoms with Crippen LogP contribution in [0.3, 0.4) is 0 Å². The molecule has 1 aliphatic heterocycles. The van der Waals surface area contributed by atoms with E-state index in [0.717, 1.165) is 28.8 Å². The van der Waals surface area contributed by atoms with Crippen LogP contribution in [0.4, 0.5) is 18.9 Å². The van der Waals surface area contributed by atoms with Crippen molar-refractivity contribution in [1.29, 1.82) is 0 Å². The molecular weight excluding hydrogens is 411 g/mol. The minimum Gasteiger partial charge on any atom is -0.497 e. The van der Waals surface area contributed by atoms with Crippen LogP contribution in [-0.4, -0.2) is 24.4 Å². The van der Waals surface area contributed by atoms with E-state index in [-0.39, 0.29) is 14.9 Å². The van der Waals surface area contributed by atoms with Crippen LogP contribution >= 0.6 is 24.0 Å². The summed E-state index contributed by atoms with van der Waals surface area (Å²) in [5, 5.41) is 0. The third-order valence-electron chi connectivity index (χ3n) is 3.95. The molecule has 0 aromatic heterocycles. The Morgan fingerprint density at radius 2 is 1.86 bits per heavy atom. The smallest absolute Gasteiger partial charge is 0.416 e. The van der Waals surface area contributed by atoms with Crippen LogP contribution in [-0.2, 0) is 11.0 Å². The van der Waals surface area contributed by atoms with Crippen LogP contribution in [0.15, 0.2) is 47.4 Å². The van der Waals surface area contributed by atoms with E-state index >= 15 is 0 Å². The van der Waals surface area contributed by atoms with Crippen molar-refractivity contribution in [3.63, 3.8) is 0 Å². The lowest BCUT2D eigenvalue weighted by atomic mass is 10.1. The number of benzene rings is 2. The Hall–Kier alpha value is -2.52. The monoisotopic (exact) mass is 425 g/mol. The number of hydrogen-bond acceptors (Lipinski definition) is 5. The molecule has 0 saturated carbocycles. The molecule has 2 aromatic rings. The Balaban J connectivity index is 1.96. The number of thioether (sulfide) groups is 1. The maximum Gasteiger partial charge on any atom is 0.416 e. The Morgan fingerprint density at radius 3 is 2.50 bits per heavy atom. The van der Waals surface area contributed by atoms with Crippen LogP contribution in [0.5, 0.6) is 11.5 Å². The highest BCUT2D eigenvalue weighted by atomic mass is 32.2. The predicted octanol–water partition coefficient (Wildman–Crippen LogP) is 5.13. The molecule has 146 valence electrons. The van der Waals surface area contributed by atoms with Crippen molar-refractivity contribution in [2.75, 3.05) is 19.1 Å². The Morgan fingerprint density at radius 1 is 1.11 bits per heavy atom. The number of nitrogens with zero attached hydrogens (tertiary/aromatic N) is 1. The van der Waals surface area contributed by atoms with Gasteiger partial charge in [0.2, 0.25) is 0 Å². The summed E-state index contributed by atoms with van der Waals surface area (Å²) in [6.07, 6.45) is -2.92. The highest BCUT2D eigenvalue weighted by molar-refractivity contribution is 8.27. The molecule has 4 nitrogen and oxygen atoms in total. The molecule has 1 aliphatic rings. The van der Waals surface area contributed by atoms with Crippen LogP contribution < -0.4 is 14.4 Å². The fourth-order valence-corrected chi connectivity index (χ4v) is 3.88. The summed E-state index contributed by atoms with van der Waals surface area (Å²) in [6, 6.07) is 9.60. The second-order valence-corrected chi connectivity index (χ2v) is 7.35. The average Bonchev–Trinajstić information content (AvgIpc) is 2.94. The van der Waals surface area contributed by atoms with Gasteiger partial charge in [0.15, 0.2) is 4.32 Å². The third kappa shape index (κ3) is 4.00. The zero-order valence-corrected chi connectivity index (χ0v) is 16.4. The van der Waals surface area contributed by atoms with Gasteiger partial charge in [-0.2, -0.15) is 13.2 Å². The lowest BCUT2D eigenvalue weighted by Crippen LogP contribution is -2.27. The Kier molecular flexibility index (Phi) is 5.66. The van der Waals surface area contributed by atoms with E-state index in [9.17, 15) is 18.0 Å². The Labute approximate surface area is 168 Å². The van der Waals surface area contributed by atoms with Gasteiger partial charge in [0.1, 0.15) is 11.5 Å². The van der Waals surface area contributed by atoms with Gasteiger partial charge in [-0.25, -0.2) is 0 Å². The number of ether oxygens (including phenoxy) is 2. The first-order chi connectivity index (χ1) is 13.2. The topological polar surface area (TPSA) is 38.8 Å². The van der Waals surface area contributed by atoms with Gasteiger partial charge in [0.05, 0.1) is 30.4 Å². The molecule has 0 N–H and O–H groups in total. The van der Waals surface area contributed by atoms with Crippen molar-refractivity contribution in [3.05, 3.63) is 58.5 Å². The number of amides is 1. The van der Waals surface area contributed by atoms with E-state index < -0.39 is 17.6 Å². The van der Waals surface area contributed by atoms with Gasteiger partial charge in [-0.3, -0.25) is 9.69 Å². The SMILES string of the molecule is COc1ccc(/C=C2\SC(=S)N(c3cccc(C(F)(F)F)c3)C2=O)c(OC)c1. The standard InChI is InChI=1S/C19H14F3NO3S2/c1-25-14-7-6-11(15(10-14)26-2)8-16-17(24)23(18(27)28-16)13-5-3-4-12(9-13)19(20,21)22/h3-10H,1-2H3/b16-8-. The maximum atomic E-state index is 13.0. The molecule has 1 saturated heterocycles. The first-order valence-electron chi connectivity index (χ1n) is 7.92. The number of anilines is 1. The largest absolute Gasteiger partial charge is 0.497 e. The molecule has 0 unspecified atom stereocenters. The first-order valence-corrected chi connectivity index (χ1v) is 9.14. The quantitative estimate of drug-likeness (QED) is 0.502. The van der Waals surface area contributed by atoms with Crippen molar-refractivity contribution >= 4 is 46.0 Å². The zero-order chi connectivity index (χ0) is 20.5. The molecule has 1 amide bonds.